The summed E-state index contributed by atoms with van der Waals surface area (Å²) in [4.78, 5) is 43.7. The molecule has 9 aromatic rings. The maximum absolute atomic E-state index is 12.3. The maximum atomic E-state index is 12.3. The summed E-state index contributed by atoms with van der Waals surface area (Å²) >= 11 is 13.0. The van der Waals surface area contributed by atoms with Crippen molar-refractivity contribution >= 4 is 155 Å². The summed E-state index contributed by atoms with van der Waals surface area (Å²) in [6.45, 7) is 1.79. The van der Waals surface area contributed by atoms with Gasteiger partial charge in [-0.15, -0.1) is 10.2 Å². The van der Waals surface area contributed by atoms with E-state index in [0.29, 0.717) is 0 Å². The number of halogens is 2. The van der Waals surface area contributed by atoms with Gasteiger partial charge in [0.15, 0.2) is 12.8 Å². The first kappa shape index (κ1) is 77.9. The molecular weight excluding hydrogens is 1380 g/mol. The number of benzene rings is 7. The molecular formula is C51H38Cl2N16Na4O16S4. The summed E-state index contributed by atoms with van der Waals surface area (Å²) in [6, 6.07) is 20.8. The zero-order chi connectivity index (χ0) is 64.2. The van der Waals surface area contributed by atoms with Crippen LogP contribution in [0.1, 0.15) is 5.56 Å². The molecule has 7 aromatic carbocycles. The molecule has 0 bridgehead atoms. The van der Waals surface area contributed by atoms with Gasteiger partial charge in [-0.05, 0) is 96.4 Å². The minimum Gasteiger partial charge on any atom is -0.744 e. The van der Waals surface area contributed by atoms with Crippen molar-refractivity contribution < 1.29 is 189 Å². The Labute approximate surface area is 625 Å². The number of nitrogens with one attached hydrogen (secondary N) is 4. The van der Waals surface area contributed by atoms with Crippen LogP contribution in [0.25, 0.3) is 21.5 Å². The second-order valence-corrected chi connectivity index (χ2v) is 24.0. The summed E-state index contributed by atoms with van der Waals surface area (Å²) in [5.41, 5.74) is 0.387. The van der Waals surface area contributed by atoms with Crippen LogP contribution >= 0.6 is 23.2 Å². The fraction of sp³-hybridized carbons (Fsp3) is 0.0980. The number of aromatic amines is 4. The molecule has 0 spiro atoms. The molecule has 0 fully saturated rings. The van der Waals surface area contributed by atoms with Gasteiger partial charge < -0.3 is 47.1 Å². The van der Waals surface area contributed by atoms with Gasteiger partial charge in [0.2, 0.25) is 33.0 Å². The van der Waals surface area contributed by atoms with E-state index < -0.39 is 60.1 Å². The van der Waals surface area contributed by atoms with Crippen LogP contribution in [0.15, 0.2) is 173 Å². The molecule has 2 aromatic heterocycles. The minimum atomic E-state index is -5.24. The van der Waals surface area contributed by atoms with Crippen LogP contribution < -0.4 is 150 Å². The van der Waals surface area contributed by atoms with Crippen molar-refractivity contribution in [2.75, 3.05) is 28.4 Å². The number of aliphatic imine (C=N–C) groups is 2. The van der Waals surface area contributed by atoms with E-state index in [1.54, 1.807) is 25.1 Å². The standard InChI is InChI=1S/C51H42Cl2N16O16S4.4Na/c1-25-12-13-32(56-48-60-46(52)62-50(64-48)58-38-19-33(54-23-82-2)36(21-40(38)84-4)68-66-26-15-30-28(44(17-26)88(76,77)78)8-6-10-42(30)86(70,71)72)35(14-25)57-49-61-47(53)63-51(65-49)59-39-20-34(55-24-83-3)37(22-41(39)85-5)69-67-27-16-31-29(45(18-27)89(79,80)81)9-7-11-43(31)87(73,74)75;;;;/h6-24H,1-5H3,(H,70,71,72)(H,73,74,75)(H,76,77,78)(H,79,80,81)(H2,56,58,60,62,64)(H2,57,59,61,63,65);;;;/q;4*+1/p-4. The molecule has 93 heavy (non-hydrogen) atoms. The largest absolute Gasteiger partial charge is 1.00 e. The molecule has 0 radical (unpaired) electrons. The van der Waals surface area contributed by atoms with Gasteiger partial charge in [-0.1, -0.05) is 30.3 Å². The smallest absolute Gasteiger partial charge is 0.744 e. The Bertz CT molecular complexity index is 5310. The summed E-state index contributed by atoms with van der Waals surface area (Å²) in [5, 5.41) is 14.6. The average molecular weight is 1420 g/mol. The molecule has 0 amide bonds. The normalized spacial score (nSPS) is 13.0. The third-order valence-corrected chi connectivity index (χ3v) is 15.8. The van der Waals surface area contributed by atoms with Crippen LogP contribution in [0.5, 0.6) is 11.5 Å². The molecule has 0 saturated heterocycles. The van der Waals surface area contributed by atoms with E-state index in [2.05, 4.69) is 80.3 Å². The molecule has 0 saturated carbocycles. The monoisotopic (exact) mass is 1420 g/mol. The fourth-order valence-electron chi connectivity index (χ4n) is 8.26. The molecule has 2 heterocycles. The number of azo groups is 2. The van der Waals surface area contributed by atoms with Crippen molar-refractivity contribution in [1.82, 2.24) is 29.9 Å². The van der Waals surface area contributed by atoms with Gasteiger partial charge in [-0.25, -0.2) is 63.6 Å². The molecule has 0 aliphatic rings. The first-order chi connectivity index (χ1) is 42.1. The van der Waals surface area contributed by atoms with Crippen LogP contribution in [-0.2, 0) is 49.9 Å². The van der Waals surface area contributed by atoms with Crippen molar-refractivity contribution in [3.63, 3.8) is 0 Å². The van der Waals surface area contributed by atoms with Gasteiger partial charge in [-0.2, -0.15) is 20.2 Å². The van der Waals surface area contributed by atoms with E-state index in [4.69, 9.17) is 42.1 Å². The number of methoxy groups -OCH3 is 4. The zero-order valence-corrected chi connectivity index (χ0v) is 62.5. The van der Waals surface area contributed by atoms with Crippen LogP contribution in [0.4, 0.5) is 56.9 Å². The van der Waals surface area contributed by atoms with E-state index in [1.165, 1.54) is 52.7 Å². The molecule has 32 nitrogen and oxygen atoms in total. The number of aromatic nitrogens is 6. The third-order valence-electron chi connectivity index (χ3n) is 11.9. The molecule has 0 atom stereocenters. The minimum absolute atomic E-state index is 0. The second kappa shape index (κ2) is 32.8. The third kappa shape index (κ3) is 19.5. The number of H-pyrrole nitrogens is 4. The molecule has 460 valence electrons. The van der Waals surface area contributed by atoms with Crippen molar-refractivity contribution in [2.45, 2.75) is 26.5 Å². The Kier molecular flexibility index (Phi) is 27.5. The van der Waals surface area contributed by atoms with Gasteiger partial charge in [0.1, 0.15) is 74.7 Å². The van der Waals surface area contributed by atoms with Gasteiger partial charge in [0.25, 0.3) is 0 Å². The van der Waals surface area contributed by atoms with Crippen molar-refractivity contribution in [2.24, 2.45) is 50.4 Å². The second-order valence-electron chi connectivity index (χ2n) is 17.9. The van der Waals surface area contributed by atoms with E-state index in [-0.39, 0.29) is 241 Å². The van der Waals surface area contributed by atoms with Gasteiger partial charge >= 0.3 is 118 Å². The Morgan fingerprint density at radius 1 is 0.419 bits per heavy atom. The number of nitrogens with zero attached hydrogens (tertiary/aromatic N) is 12. The fourth-order valence-corrected chi connectivity index (χ4v) is 11.4. The SMILES string of the molecule is COC=Nc1cc(N=c2[nH]c(Cl)nc(=Nc3ccc(C)cc3N=c3nc(Cl)[nH]c(=Nc4cc(N=COC)c(N=Nc5cc(S(=O)(=O)[O-])c6cccc(S(=O)(=O)[O-])c6c5)cc4OC)[nH]3)[nH]2)c(OC)cc1N=Nc1cc(S(=O)(=O)[O-])c2cccc(S(=O)(=O)[O-])c2c1.[Na+].[Na+].[Na+].[Na+]. The average Bonchev–Trinajstić information content (AvgIpc) is 0.787. The molecule has 0 unspecified atom stereocenters. The van der Waals surface area contributed by atoms with Crippen LogP contribution in [0.3, 0.4) is 0 Å². The number of ether oxygens (including phenoxy) is 4. The van der Waals surface area contributed by atoms with E-state index in [1.807, 2.05) is 0 Å². The first-order valence-corrected chi connectivity index (χ1v) is 30.9. The summed E-state index contributed by atoms with van der Waals surface area (Å²) < 4.78 is 168. The molecule has 4 N–H and O–H groups in total. The van der Waals surface area contributed by atoms with Gasteiger partial charge in [0.05, 0.1) is 82.1 Å². The topological polar surface area (TPSA) is 478 Å². The molecule has 0 aliphatic heterocycles. The quantitative estimate of drug-likeness (QED) is 0.0208. The Morgan fingerprint density at radius 2 is 0.817 bits per heavy atom. The van der Waals surface area contributed by atoms with Gasteiger partial charge in [-0.3, -0.25) is 9.97 Å². The van der Waals surface area contributed by atoms with E-state index in [0.717, 1.165) is 79.0 Å². The number of hydrogen-bond donors (Lipinski definition) is 4. The van der Waals surface area contributed by atoms with Crippen LogP contribution in [-0.4, -0.2) is 123 Å². The predicted molar refractivity (Wildman–Crippen MR) is 312 cm³/mol. The number of hydrogen-bond acceptors (Lipinski definition) is 28. The molecule has 0 aliphatic carbocycles. The van der Waals surface area contributed by atoms with Crippen LogP contribution in [0, 0.1) is 6.92 Å². The molecule has 9 rings (SSSR count). The van der Waals surface area contributed by atoms with Crippen LogP contribution in [0.2, 0.25) is 10.6 Å². The van der Waals surface area contributed by atoms with Gasteiger partial charge in [0, 0.05) is 33.7 Å². The zero-order valence-electron chi connectivity index (χ0n) is 49.8. The number of rotatable bonds is 18. The molecule has 42 heteroatoms. The number of aryl methyl sites for hydroxylation is 1. The maximum Gasteiger partial charge on any atom is 1.00 e. The van der Waals surface area contributed by atoms with Crippen molar-refractivity contribution in [3.05, 3.63) is 142 Å². The predicted octanol–water partition coefficient (Wildman–Crippen LogP) is -4.27. The summed E-state index contributed by atoms with van der Waals surface area (Å²) in [5.74, 6) is 0.0991. The van der Waals surface area contributed by atoms with Crippen molar-refractivity contribution in [1.29, 1.82) is 0 Å². The van der Waals surface area contributed by atoms with Crippen molar-refractivity contribution in [3.8, 4) is 11.5 Å². The van der Waals surface area contributed by atoms with E-state index in [9.17, 15) is 51.9 Å². The number of fused-ring (bicyclic) bond motifs is 2. The Hall–Kier alpha value is -5.76. The summed E-state index contributed by atoms with van der Waals surface area (Å²) in [6.07, 6.45) is 2.09. The van der Waals surface area contributed by atoms with E-state index >= 15 is 0 Å². The Balaban J connectivity index is 0.00000392. The Morgan fingerprint density at radius 3 is 1.19 bits per heavy atom. The first-order valence-electron chi connectivity index (χ1n) is 24.5. The summed E-state index contributed by atoms with van der Waals surface area (Å²) in [7, 11) is -15.5.